The first-order valence-corrected chi connectivity index (χ1v) is 8.89. The maximum atomic E-state index is 11.5. The van der Waals surface area contributed by atoms with Crippen molar-refractivity contribution in [2.24, 2.45) is 0 Å². The number of rotatable bonds is 4. The van der Waals surface area contributed by atoms with Gasteiger partial charge in [-0.25, -0.2) is 4.98 Å². The number of anilines is 1. The number of halogens is 1. The van der Waals surface area contributed by atoms with Crippen LogP contribution in [0.1, 0.15) is 6.23 Å². The molecule has 132 valence electrons. The summed E-state index contributed by atoms with van der Waals surface area (Å²) in [5.41, 5.74) is 6.11. The molecule has 3 heterocycles. The highest BCUT2D eigenvalue weighted by atomic mass is 35.5. The van der Waals surface area contributed by atoms with Crippen LogP contribution < -0.4 is 5.73 Å². The number of nitrogens with zero attached hydrogens (tertiary/aromatic N) is 4. The molecule has 2 aromatic rings. The van der Waals surface area contributed by atoms with Crippen LogP contribution in [0, 0.1) is 0 Å². The Hall–Kier alpha value is -1.57. The van der Waals surface area contributed by atoms with Gasteiger partial charge in [0.1, 0.15) is 17.7 Å². The lowest BCUT2D eigenvalue weighted by Crippen LogP contribution is -2.36. The molecule has 2 aromatic heterocycles. The number of aromatic nitrogens is 4. The predicted molar refractivity (Wildman–Crippen MR) is 81.5 cm³/mol. The Morgan fingerprint density at radius 1 is 1.50 bits per heavy atom. The van der Waals surface area contributed by atoms with Crippen LogP contribution in [-0.4, -0.2) is 69.3 Å². The fraction of sp³-hybridized carbons (Fsp3) is 0.545. The van der Waals surface area contributed by atoms with Crippen molar-refractivity contribution in [2.75, 3.05) is 18.6 Å². The number of hydrogen-bond acceptors (Lipinski definition) is 10. The van der Waals surface area contributed by atoms with Crippen LogP contribution in [0.25, 0.3) is 11.2 Å². The van der Waals surface area contributed by atoms with Gasteiger partial charge in [-0.05, 0) is 11.6 Å². The smallest absolute Gasteiger partial charge is 0.264 e. The van der Waals surface area contributed by atoms with Crippen molar-refractivity contribution in [3.8, 4) is 0 Å². The van der Waals surface area contributed by atoms with E-state index in [4.69, 9.17) is 26.3 Å². The van der Waals surface area contributed by atoms with Crippen molar-refractivity contribution < 1.29 is 27.6 Å². The Labute approximate surface area is 141 Å². The number of aliphatic hydroxyl groups is 2. The maximum absolute atomic E-state index is 11.5. The minimum atomic E-state index is -3.90. The molecule has 4 N–H and O–H groups in total. The van der Waals surface area contributed by atoms with Crippen LogP contribution in [0.15, 0.2) is 6.33 Å². The highest BCUT2D eigenvalue weighted by Crippen LogP contribution is 2.34. The molecule has 0 aromatic carbocycles. The largest absolute Gasteiger partial charge is 0.394 e. The van der Waals surface area contributed by atoms with E-state index in [0.717, 1.165) is 6.26 Å². The molecule has 0 saturated carbocycles. The lowest BCUT2D eigenvalue weighted by molar-refractivity contribution is -0.0483. The quantitative estimate of drug-likeness (QED) is 0.427. The van der Waals surface area contributed by atoms with Crippen LogP contribution in [0.3, 0.4) is 0 Å². The lowest BCUT2D eigenvalue weighted by atomic mass is 10.1. The first-order chi connectivity index (χ1) is 11.2. The zero-order chi connectivity index (χ0) is 17.6. The normalized spacial score (nSPS) is 27.8. The highest BCUT2D eigenvalue weighted by molar-refractivity contribution is 7.86. The molecule has 0 aliphatic carbocycles. The highest BCUT2D eigenvalue weighted by Gasteiger charge is 2.47. The SMILES string of the molecule is CS(=O)(=O)OC1C(O)C(CO)OC1n1cnc2c(N)nc(Cl)nc21. The molecular formula is C11H14ClN5O6S. The van der Waals surface area contributed by atoms with E-state index in [1.807, 2.05) is 0 Å². The fourth-order valence-corrected chi connectivity index (χ4v) is 3.28. The molecule has 11 nitrogen and oxygen atoms in total. The van der Waals surface area contributed by atoms with Gasteiger partial charge in [-0.2, -0.15) is 18.4 Å². The molecule has 4 atom stereocenters. The van der Waals surface area contributed by atoms with E-state index < -0.39 is 41.3 Å². The van der Waals surface area contributed by atoms with Crippen LogP contribution in [0.4, 0.5) is 5.82 Å². The van der Waals surface area contributed by atoms with E-state index in [-0.39, 0.29) is 22.3 Å². The van der Waals surface area contributed by atoms with Gasteiger partial charge in [0.15, 0.2) is 23.8 Å². The average Bonchev–Trinajstić information content (AvgIpc) is 3.00. The van der Waals surface area contributed by atoms with Crippen molar-refractivity contribution in [1.82, 2.24) is 19.5 Å². The molecule has 0 radical (unpaired) electrons. The second kappa shape index (κ2) is 6.06. The molecule has 1 saturated heterocycles. The summed E-state index contributed by atoms with van der Waals surface area (Å²) >= 11 is 5.79. The van der Waals surface area contributed by atoms with Crippen molar-refractivity contribution in [2.45, 2.75) is 24.5 Å². The minimum absolute atomic E-state index is 0.0292. The number of hydrogen-bond donors (Lipinski definition) is 3. The Bertz CT molecular complexity index is 873. The van der Waals surface area contributed by atoms with Crippen molar-refractivity contribution >= 4 is 38.7 Å². The summed E-state index contributed by atoms with van der Waals surface area (Å²) in [6.07, 6.45) is -2.75. The molecule has 3 rings (SSSR count). The monoisotopic (exact) mass is 379 g/mol. The Kier molecular flexibility index (Phi) is 4.36. The minimum Gasteiger partial charge on any atom is -0.394 e. The zero-order valence-corrected chi connectivity index (χ0v) is 13.8. The van der Waals surface area contributed by atoms with Crippen molar-refractivity contribution in [3.05, 3.63) is 11.6 Å². The topological polar surface area (TPSA) is 163 Å². The van der Waals surface area contributed by atoms with Gasteiger partial charge in [-0.3, -0.25) is 8.75 Å². The van der Waals surface area contributed by atoms with E-state index in [1.54, 1.807) is 0 Å². The maximum Gasteiger partial charge on any atom is 0.264 e. The summed E-state index contributed by atoms with van der Waals surface area (Å²) in [6.45, 7) is -0.536. The van der Waals surface area contributed by atoms with Gasteiger partial charge in [-0.15, -0.1) is 0 Å². The van der Waals surface area contributed by atoms with E-state index in [0.29, 0.717) is 0 Å². The molecule has 13 heteroatoms. The summed E-state index contributed by atoms with van der Waals surface area (Å²) < 4.78 is 34.7. The van der Waals surface area contributed by atoms with Crippen LogP contribution in [0.2, 0.25) is 5.28 Å². The van der Waals surface area contributed by atoms with Crippen molar-refractivity contribution in [1.29, 1.82) is 0 Å². The molecule has 1 aliphatic heterocycles. The van der Waals surface area contributed by atoms with E-state index in [1.165, 1.54) is 10.9 Å². The fourth-order valence-electron chi connectivity index (χ4n) is 2.50. The number of ether oxygens (including phenoxy) is 1. The van der Waals surface area contributed by atoms with Gasteiger partial charge in [0, 0.05) is 0 Å². The summed E-state index contributed by atoms with van der Waals surface area (Å²) in [4.78, 5) is 11.8. The Morgan fingerprint density at radius 2 is 2.21 bits per heavy atom. The standard InChI is InChI=1S/C11H14ClN5O6S/c1-24(20,21)23-7-6(19)4(2-18)22-10(7)17-3-14-5-8(13)15-11(12)16-9(5)17/h3-4,6-7,10,18-19H,2H2,1H3,(H2,13,15,16). The van der Waals surface area contributed by atoms with Gasteiger partial charge >= 0.3 is 0 Å². The Balaban J connectivity index is 2.09. The third-order valence-corrected chi connectivity index (χ3v) is 4.21. The third kappa shape index (κ3) is 3.03. The van der Waals surface area contributed by atoms with Gasteiger partial charge in [0.25, 0.3) is 10.1 Å². The second-order valence-electron chi connectivity index (χ2n) is 5.21. The second-order valence-corrected chi connectivity index (χ2v) is 7.14. The van der Waals surface area contributed by atoms with Crippen molar-refractivity contribution in [3.63, 3.8) is 0 Å². The molecule has 1 aliphatic rings. The summed E-state index contributed by atoms with van der Waals surface area (Å²) in [5, 5.41) is 19.3. The number of nitrogen functional groups attached to an aromatic ring is 1. The molecule has 1 fully saturated rings. The lowest BCUT2D eigenvalue weighted by Gasteiger charge is -2.20. The van der Waals surface area contributed by atoms with Gasteiger partial charge in [0.05, 0.1) is 19.2 Å². The predicted octanol–water partition coefficient (Wildman–Crippen LogP) is -1.34. The average molecular weight is 380 g/mol. The van der Waals surface area contributed by atoms with E-state index >= 15 is 0 Å². The number of aliphatic hydroxyl groups excluding tert-OH is 2. The number of fused-ring (bicyclic) bond motifs is 1. The van der Waals surface area contributed by atoms with Gasteiger partial charge in [-0.1, -0.05) is 0 Å². The molecule has 0 amide bonds. The Morgan fingerprint density at radius 3 is 2.83 bits per heavy atom. The van der Waals surface area contributed by atoms with Crippen LogP contribution in [0.5, 0.6) is 0 Å². The molecule has 24 heavy (non-hydrogen) atoms. The summed E-state index contributed by atoms with van der Waals surface area (Å²) in [7, 11) is -3.90. The molecule has 0 spiro atoms. The third-order valence-electron chi connectivity index (χ3n) is 3.47. The first kappa shape index (κ1) is 17.3. The number of nitrogens with two attached hydrogens (primary N) is 1. The first-order valence-electron chi connectivity index (χ1n) is 6.69. The van der Waals surface area contributed by atoms with Crippen LogP contribution in [-0.2, 0) is 19.0 Å². The molecular weight excluding hydrogens is 366 g/mol. The van der Waals surface area contributed by atoms with Gasteiger partial charge < -0.3 is 20.7 Å². The summed E-state index contributed by atoms with van der Waals surface area (Å²) in [5.74, 6) is 0.0292. The zero-order valence-electron chi connectivity index (χ0n) is 12.3. The van der Waals surface area contributed by atoms with Gasteiger partial charge in [0.2, 0.25) is 5.28 Å². The van der Waals surface area contributed by atoms with E-state index in [2.05, 4.69) is 15.0 Å². The van der Waals surface area contributed by atoms with E-state index in [9.17, 15) is 18.6 Å². The summed E-state index contributed by atoms with van der Waals surface area (Å²) in [6, 6.07) is 0. The number of imidazole rings is 1. The van der Waals surface area contributed by atoms with Crippen LogP contribution >= 0.6 is 11.6 Å². The molecule has 4 unspecified atom stereocenters. The molecule has 0 bridgehead atoms.